The Bertz CT molecular complexity index is 658. The third-order valence-corrected chi connectivity index (χ3v) is 3.26. The largest absolute Gasteiger partial charge is 0.341 e. The predicted octanol–water partition coefficient (Wildman–Crippen LogP) is 2.85. The number of halogens is 1. The van der Waals surface area contributed by atoms with Crippen molar-refractivity contribution in [1.29, 1.82) is 0 Å². The molecule has 1 aromatic carbocycles. The molecule has 2 rings (SSSR count). The van der Waals surface area contributed by atoms with Gasteiger partial charge in [0.05, 0.1) is 5.56 Å². The molecule has 21 heavy (non-hydrogen) atoms. The summed E-state index contributed by atoms with van der Waals surface area (Å²) in [5.41, 5.74) is 1.71. The number of benzene rings is 1. The topological polar surface area (TPSA) is 83.1 Å². The van der Waals surface area contributed by atoms with Gasteiger partial charge in [-0.2, -0.15) is 0 Å². The van der Waals surface area contributed by atoms with Crippen molar-refractivity contribution >= 4 is 39.2 Å². The van der Waals surface area contributed by atoms with E-state index in [1.807, 2.05) is 0 Å². The summed E-state index contributed by atoms with van der Waals surface area (Å²) < 4.78 is 0.486. The fourth-order valence-corrected chi connectivity index (χ4v) is 2.01. The number of pyridine rings is 1. The molecule has 108 valence electrons. The molecule has 1 aromatic heterocycles. The van der Waals surface area contributed by atoms with Crippen LogP contribution < -0.4 is 16.0 Å². The lowest BCUT2D eigenvalue weighted by Gasteiger charge is -2.08. The molecule has 0 atom stereocenters. The quantitative estimate of drug-likeness (QED) is 0.745. The second-order valence-electron chi connectivity index (χ2n) is 4.08. The Labute approximate surface area is 130 Å². The van der Waals surface area contributed by atoms with Gasteiger partial charge in [-0.3, -0.25) is 4.79 Å². The summed E-state index contributed by atoms with van der Waals surface area (Å²) in [5.74, 6) is -0.262. The van der Waals surface area contributed by atoms with Crippen LogP contribution in [0, 0.1) is 0 Å². The summed E-state index contributed by atoms with van der Waals surface area (Å²) in [4.78, 5) is 27.2. The monoisotopic (exact) mass is 348 g/mol. The van der Waals surface area contributed by atoms with E-state index in [2.05, 4.69) is 36.9 Å². The number of carbonyl (C=O) groups is 2. The number of hydrogen-bond donors (Lipinski definition) is 3. The third kappa shape index (κ3) is 4.03. The van der Waals surface area contributed by atoms with Gasteiger partial charge >= 0.3 is 6.03 Å². The van der Waals surface area contributed by atoms with E-state index < -0.39 is 0 Å². The number of nitrogens with one attached hydrogen (secondary N) is 3. The van der Waals surface area contributed by atoms with E-state index in [4.69, 9.17) is 0 Å². The predicted molar refractivity (Wildman–Crippen MR) is 84.4 cm³/mol. The summed E-state index contributed by atoms with van der Waals surface area (Å²) in [5, 5.41) is 7.85. The first-order chi connectivity index (χ1) is 10.1. The Morgan fingerprint density at radius 3 is 2.24 bits per heavy atom. The zero-order valence-corrected chi connectivity index (χ0v) is 12.8. The van der Waals surface area contributed by atoms with E-state index in [1.165, 1.54) is 7.05 Å². The van der Waals surface area contributed by atoms with E-state index in [0.29, 0.717) is 21.5 Å². The van der Waals surface area contributed by atoms with Crippen LogP contribution in [-0.4, -0.2) is 24.0 Å². The van der Waals surface area contributed by atoms with Crippen LogP contribution in [0.15, 0.2) is 47.2 Å². The molecule has 3 N–H and O–H groups in total. The minimum Gasteiger partial charge on any atom is -0.341 e. The number of carbonyl (C=O) groups excluding carboxylic acids is 2. The van der Waals surface area contributed by atoms with Gasteiger partial charge in [0.15, 0.2) is 0 Å². The first-order valence-corrected chi connectivity index (χ1v) is 6.90. The van der Waals surface area contributed by atoms with Crippen LogP contribution in [0.5, 0.6) is 0 Å². The van der Waals surface area contributed by atoms with Gasteiger partial charge in [0.2, 0.25) is 0 Å². The van der Waals surface area contributed by atoms with Gasteiger partial charge in [0, 0.05) is 24.6 Å². The minimum absolute atomic E-state index is 0.262. The maximum atomic E-state index is 12.1. The maximum Gasteiger partial charge on any atom is 0.318 e. The Hall–Kier alpha value is -2.41. The summed E-state index contributed by atoms with van der Waals surface area (Å²) in [7, 11) is 1.54. The van der Waals surface area contributed by atoms with E-state index >= 15 is 0 Å². The summed E-state index contributed by atoms with van der Waals surface area (Å²) in [6.07, 6.45) is 1.60. The number of hydrogen-bond acceptors (Lipinski definition) is 3. The van der Waals surface area contributed by atoms with Crippen molar-refractivity contribution < 1.29 is 9.59 Å². The first kappa shape index (κ1) is 15.0. The van der Waals surface area contributed by atoms with Crippen LogP contribution in [-0.2, 0) is 0 Å². The smallest absolute Gasteiger partial charge is 0.318 e. The molecule has 0 aliphatic carbocycles. The van der Waals surface area contributed by atoms with Gasteiger partial charge in [-0.25, -0.2) is 9.78 Å². The SMILES string of the molecule is CNC(=O)Nc1ccc(NC(=O)c2cccnc2Br)cc1. The highest BCUT2D eigenvalue weighted by atomic mass is 79.9. The van der Waals surface area contributed by atoms with Crippen LogP contribution in [0.1, 0.15) is 10.4 Å². The van der Waals surface area contributed by atoms with Crippen LogP contribution in [0.2, 0.25) is 0 Å². The zero-order valence-electron chi connectivity index (χ0n) is 11.2. The van der Waals surface area contributed by atoms with Gasteiger partial charge in [0.1, 0.15) is 4.60 Å². The number of rotatable bonds is 3. The highest BCUT2D eigenvalue weighted by Crippen LogP contribution is 2.17. The van der Waals surface area contributed by atoms with Crippen molar-refractivity contribution in [2.24, 2.45) is 0 Å². The van der Waals surface area contributed by atoms with Crippen molar-refractivity contribution in [3.05, 3.63) is 52.8 Å². The van der Waals surface area contributed by atoms with Crippen molar-refractivity contribution in [2.45, 2.75) is 0 Å². The molecule has 0 aliphatic heterocycles. The first-order valence-electron chi connectivity index (χ1n) is 6.11. The molecule has 0 radical (unpaired) electrons. The summed E-state index contributed by atoms with van der Waals surface area (Å²) >= 11 is 3.23. The minimum atomic E-state index is -0.300. The zero-order chi connectivity index (χ0) is 15.2. The Morgan fingerprint density at radius 2 is 1.67 bits per heavy atom. The Kier molecular flexibility index (Phi) is 4.89. The lowest BCUT2D eigenvalue weighted by molar-refractivity contribution is 0.102. The molecular weight excluding hydrogens is 336 g/mol. The Balaban J connectivity index is 2.05. The van der Waals surface area contributed by atoms with Gasteiger partial charge in [0.25, 0.3) is 5.91 Å². The Morgan fingerprint density at radius 1 is 1.05 bits per heavy atom. The molecule has 0 saturated carbocycles. The summed E-state index contributed by atoms with van der Waals surface area (Å²) in [6, 6.07) is 9.86. The average molecular weight is 349 g/mol. The van der Waals surface area contributed by atoms with Crippen LogP contribution >= 0.6 is 15.9 Å². The molecule has 0 saturated heterocycles. The molecular formula is C14H13BrN4O2. The van der Waals surface area contributed by atoms with Crippen molar-refractivity contribution in [3.8, 4) is 0 Å². The molecule has 3 amide bonds. The van der Waals surface area contributed by atoms with Crippen LogP contribution in [0.25, 0.3) is 0 Å². The van der Waals surface area contributed by atoms with E-state index in [1.54, 1.807) is 42.6 Å². The fourth-order valence-electron chi connectivity index (χ4n) is 1.58. The maximum absolute atomic E-state index is 12.1. The van der Waals surface area contributed by atoms with Crippen LogP contribution in [0.4, 0.5) is 16.2 Å². The number of amides is 3. The van der Waals surface area contributed by atoms with Gasteiger partial charge in [-0.05, 0) is 52.3 Å². The van der Waals surface area contributed by atoms with Crippen molar-refractivity contribution in [2.75, 3.05) is 17.7 Å². The van der Waals surface area contributed by atoms with E-state index in [-0.39, 0.29) is 11.9 Å². The molecule has 0 unspecified atom stereocenters. The van der Waals surface area contributed by atoms with E-state index in [0.717, 1.165) is 0 Å². The number of anilines is 2. The standard InChI is InChI=1S/C14H13BrN4O2/c1-16-14(21)19-10-6-4-9(5-7-10)18-13(20)11-3-2-8-17-12(11)15/h2-8H,1H3,(H,18,20)(H2,16,19,21). The number of urea groups is 1. The van der Waals surface area contributed by atoms with Crippen molar-refractivity contribution in [3.63, 3.8) is 0 Å². The normalized spacial score (nSPS) is 9.81. The fraction of sp³-hybridized carbons (Fsp3) is 0.0714. The average Bonchev–Trinajstić information content (AvgIpc) is 2.49. The molecule has 6 nitrogen and oxygen atoms in total. The van der Waals surface area contributed by atoms with Gasteiger partial charge in [-0.15, -0.1) is 0 Å². The highest BCUT2D eigenvalue weighted by Gasteiger charge is 2.10. The van der Waals surface area contributed by atoms with E-state index in [9.17, 15) is 9.59 Å². The second-order valence-corrected chi connectivity index (χ2v) is 4.83. The van der Waals surface area contributed by atoms with Crippen molar-refractivity contribution in [1.82, 2.24) is 10.3 Å². The lowest BCUT2D eigenvalue weighted by Crippen LogP contribution is -2.24. The van der Waals surface area contributed by atoms with Gasteiger partial charge < -0.3 is 16.0 Å². The van der Waals surface area contributed by atoms with Gasteiger partial charge in [-0.1, -0.05) is 0 Å². The molecule has 0 fully saturated rings. The molecule has 0 aliphatic rings. The van der Waals surface area contributed by atoms with Crippen LogP contribution in [0.3, 0.4) is 0 Å². The molecule has 0 bridgehead atoms. The molecule has 1 heterocycles. The third-order valence-electron chi connectivity index (χ3n) is 2.63. The molecule has 7 heteroatoms. The number of aromatic nitrogens is 1. The summed E-state index contributed by atoms with van der Waals surface area (Å²) in [6.45, 7) is 0. The number of nitrogens with zero attached hydrogens (tertiary/aromatic N) is 1. The highest BCUT2D eigenvalue weighted by molar-refractivity contribution is 9.10. The molecule has 2 aromatic rings. The lowest BCUT2D eigenvalue weighted by atomic mass is 10.2. The second kappa shape index (κ2) is 6.85. The molecule has 0 spiro atoms.